The molecule has 0 aliphatic rings. The lowest BCUT2D eigenvalue weighted by Gasteiger charge is -2.20. The number of hydrogen-bond acceptors (Lipinski definition) is 2. The van der Waals surface area contributed by atoms with E-state index in [9.17, 15) is 0 Å². The van der Waals surface area contributed by atoms with Gasteiger partial charge in [0, 0.05) is 6.20 Å². The molecule has 0 spiro atoms. The summed E-state index contributed by atoms with van der Waals surface area (Å²) in [5.41, 5.74) is 6.58. The SMILES string of the molecule is CCc1cccnc1C(Cc1cc(C)ccc1C)NC. The summed E-state index contributed by atoms with van der Waals surface area (Å²) in [5.74, 6) is 0. The largest absolute Gasteiger partial charge is 0.311 e. The topological polar surface area (TPSA) is 24.9 Å². The van der Waals surface area contributed by atoms with E-state index in [1.54, 1.807) is 0 Å². The zero-order chi connectivity index (χ0) is 14.5. The molecular formula is C18H24N2. The Kier molecular flexibility index (Phi) is 4.91. The maximum atomic E-state index is 4.61. The molecule has 20 heavy (non-hydrogen) atoms. The van der Waals surface area contributed by atoms with E-state index < -0.39 is 0 Å². The van der Waals surface area contributed by atoms with Gasteiger partial charge in [-0.25, -0.2) is 0 Å². The number of aryl methyl sites for hydroxylation is 3. The average Bonchev–Trinajstić information content (AvgIpc) is 2.48. The molecule has 1 heterocycles. The van der Waals surface area contributed by atoms with Gasteiger partial charge in [0.25, 0.3) is 0 Å². The summed E-state index contributed by atoms with van der Waals surface area (Å²) in [6.07, 6.45) is 3.89. The molecular weight excluding hydrogens is 244 g/mol. The quantitative estimate of drug-likeness (QED) is 0.893. The second-order valence-electron chi connectivity index (χ2n) is 5.38. The van der Waals surface area contributed by atoms with Crippen molar-refractivity contribution < 1.29 is 0 Å². The summed E-state index contributed by atoms with van der Waals surface area (Å²) in [6, 6.07) is 11.1. The molecule has 0 amide bonds. The molecule has 2 nitrogen and oxygen atoms in total. The van der Waals surface area contributed by atoms with Gasteiger partial charge < -0.3 is 5.32 Å². The van der Waals surface area contributed by atoms with Crippen LogP contribution < -0.4 is 5.32 Å². The second kappa shape index (κ2) is 6.67. The Morgan fingerprint density at radius 1 is 1.15 bits per heavy atom. The normalized spacial score (nSPS) is 12.4. The summed E-state index contributed by atoms with van der Waals surface area (Å²) in [5, 5.41) is 3.43. The van der Waals surface area contributed by atoms with Gasteiger partial charge in [-0.2, -0.15) is 0 Å². The molecule has 1 atom stereocenters. The van der Waals surface area contributed by atoms with Crippen LogP contribution in [0.5, 0.6) is 0 Å². The van der Waals surface area contributed by atoms with E-state index in [1.165, 1.54) is 27.9 Å². The predicted octanol–water partition coefficient (Wildman–Crippen LogP) is 3.76. The zero-order valence-electron chi connectivity index (χ0n) is 12.9. The van der Waals surface area contributed by atoms with Crippen LogP contribution >= 0.6 is 0 Å². The summed E-state index contributed by atoms with van der Waals surface area (Å²) in [4.78, 5) is 4.61. The first-order valence-corrected chi connectivity index (χ1v) is 7.32. The molecule has 0 aliphatic carbocycles. The molecule has 1 aromatic carbocycles. The molecule has 1 unspecified atom stereocenters. The van der Waals surface area contributed by atoms with Crippen LogP contribution in [-0.2, 0) is 12.8 Å². The van der Waals surface area contributed by atoms with Crippen LogP contribution in [0, 0.1) is 13.8 Å². The minimum Gasteiger partial charge on any atom is -0.311 e. The molecule has 0 saturated heterocycles. The van der Waals surface area contributed by atoms with Gasteiger partial charge in [0.05, 0.1) is 11.7 Å². The highest BCUT2D eigenvalue weighted by Gasteiger charge is 2.15. The van der Waals surface area contributed by atoms with Crippen LogP contribution in [-0.4, -0.2) is 12.0 Å². The molecule has 106 valence electrons. The van der Waals surface area contributed by atoms with Gasteiger partial charge in [-0.05, 0) is 56.5 Å². The minimum atomic E-state index is 0.270. The summed E-state index contributed by atoms with van der Waals surface area (Å²) in [6.45, 7) is 6.52. The van der Waals surface area contributed by atoms with E-state index in [1.807, 2.05) is 19.3 Å². The number of aromatic nitrogens is 1. The Morgan fingerprint density at radius 2 is 1.95 bits per heavy atom. The Morgan fingerprint density at radius 3 is 2.65 bits per heavy atom. The van der Waals surface area contributed by atoms with E-state index in [0.717, 1.165) is 12.8 Å². The van der Waals surface area contributed by atoms with E-state index in [4.69, 9.17) is 0 Å². The second-order valence-corrected chi connectivity index (χ2v) is 5.38. The summed E-state index contributed by atoms with van der Waals surface area (Å²) >= 11 is 0. The first kappa shape index (κ1) is 14.7. The van der Waals surface area contributed by atoms with E-state index in [0.29, 0.717) is 0 Å². The lowest BCUT2D eigenvalue weighted by molar-refractivity contribution is 0.568. The third-order valence-corrected chi connectivity index (χ3v) is 3.91. The molecule has 2 aromatic rings. The Balaban J connectivity index is 2.31. The maximum Gasteiger partial charge on any atom is 0.0608 e. The number of hydrogen-bond donors (Lipinski definition) is 1. The van der Waals surface area contributed by atoms with Crippen molar-refractivity contribution in [2.24, 2.45) is 0 Å². The number of rotatable bonds is 5. The Labute approximate surface area is 122 Å². The number of nitrogens with zero attached hydrogens (tertiary/aromatic N) is 1. The van der Waals surface area contributed by atoms with Crippen molar-refractivity contribution in [1.82, 2.24) is 10.3 Å². The van der Waals surface area contributed by atoms with Crippen LogP contribution in [0.25, 0.3) is 0 Å². The number of pyridine rings is 1. The van der Waals surface area contributed by atoms with Crippen molar-refractivity contribution >= 4 is 0 Å². The molecule has 0 fully saturated rings. The standard InChI is InChI=1S/C18H24N2/c1-5-15-7-6-10-20-18(15)17(19-4)12-16-11-13(2)8-9-14(16)3/h6-11,17,19H,5,12H2,1-4H3. The zero-order valence-corrected chi connectivity index (χ0v) is 12.9. The molecule has 1 aromatic heterocycles. The van der Waals surface area contributed by atoms with Gasteiger partial charge in [-0.3, -0.25) is 4.98 Å². The predicted molar refractivity (Wildman–Crippen MR) is 85.0 cm³/mol. The fourth-order valence-corrected chi connectivity index (χ4v) is 2.64. The molecule has 0 saturated carbocycles. The minimum absolute atomic E-state index is 0.270. The van der Waals surface area contributed by atoms with Crippen LogP contribution in [0.3, 0.4) is 0 Å². The van der Waals surface area contributed by atoms with Crippen LogP contribution in [0.2, 0.25) is 0 Å². The smallest absolute Gasteiger partial charge is 0.0608 e. The van der Waals surface area contributed by atoms with Gasteiger partial charge in [0.1, 0.15) is 0 Å². The van der Waals surface area contributed by atoms with Gasteiger partial charge in [0.2, 0.25) is 0 Å². The third kappa shape index (κ3) is 3.26. The summed E-state index contributed by atoms with van der Waals surface area (Å²) < 4.78 is 0. The van der Waals surface area contributed by atoms with Crippen molar-refractivity contribution in [3.8, 4) is 0 Å². The fraction of sp³-hybridized carbons (Fsp3) is 0.389. The number of nitrogens with one attached hydrogen (secondary N) is 1. The molecule has 0 bridgehead atoms. The van der Waals surface area contributed by atoms with Crippen molar-refractivity contribution in [3.05, 3.63) is 64.5 Å². The highest BCUT2D eigenvalue weighted by atomic mass is 14.9. The first-order chi connectivity index (χ1) is 9.65. The lowest BCUT2D eigenvalue weighted by Crippen LogP contribution is -2.22. The van der Waals surface area contributed by atoms with Crippen molar-refractivity contribution in [1.29, 1.82) is 0 Å². The average molecular weight is 268 g/mol. The van der Waals surface area contributed by atoms with Gasteiger partial charge in [-0.15, -0.1) is 0 Å². The van der Waals surface area contributed by atoms with Crippen LogP contribution in [0.4, 0.5) is 0 Å². The number of benzene rings is 1. The van der Waals surface area contributed by atoms with Crippen molar-refractivity contribution in [2.75, 3.05) is 7.05 Å². The third-order valence-electron chi connectivity index (χ3n) is 3.91. The fourth-order valence-electron chi connectivity index (χ4n) is 2.64. The van der Waals surface area contributed by atoms with E-state index in [-0.39, 0.29) is 6.04 Å². The van der Waals surface area contributed by atoms with Crippen molar-refractivity contribution in [3.63, 3.8) is 0 Å². The van der Waals surface area contributed by atoms with E-state index in [2.05, 4.69) is 55.3 Å². The van der Waals surface area contributed by atoms with Crippen LogP contribution in [0.1, 0.15) is 40.9 Å². The van der Waals surface area contributed by atoms with Gasteiger partial charge in [0.15, 0.2) is 0 Å². The highest BCUT2D eigenvalue weighted by molar-refractivity contribution is 5.33. The molecule has 1 N–H and O–H groups in total. The summed E-state index contributed by atoms with van der Waals surface area (Å²) in [7, 11) is 2.02. The Hall–Kier alpha value is -1.67. The lowest BCUT2D eigenvalue weighted by atomic mass is 9.95. The molecule has 0 radical (unpaired) electrons. The van der Waals surface area contributed by atoms with Crippen LogP contribution in [0.15, 0.2) is 36.5 Å². The van der Waals surface area contributed by atoms with E-state index >= 15 is 0 Å². The van der Waals surface area contributed by atoms with Gasteiger partial charge >= 0.3 is 0 Å². The first-order valence-electron chi connectivity index (χ1n) is 7.32. The molecule has 2 rings (SSSR count). The molecule has 2 heteroatoms. The number of likely N-dealkylation sites (N-methyl/N-ethyl adjacent to an activating group) is 1. The van der Waals surface area contributed by atoms with Crippen molar-refractivity contribution in [2.45, 2.75) is 39.7 Å². The monoisotopic (exact) mass is 268 g/mol. The van der Waals surface area contributed by atoms with Gasteiger partial charge in [-0.1, -0.05) is 36.8 Å². The highest BCUT2D eigenvalue weighted by Crippen LogP contribution is 2.22. The maximum absolute atomic E-state index is 4.61. The Bertz CT molecular complexity index is 575. The molecule has 0 aliphatic heterocycles.